The Morgan fingerprint density at radius 2 is 1.79 bits per heavy atom. The second-order valence-electron chi connectivity index (χ2n) is 7.70. The van der Waals surface area contributed by atoms with Crippen LogP contribution in [0, 0.1) is 0 Å². The predicted octanol–water partition coefficient (Wildman–Crippen LogP) is 4.56. The fourth-order valence-electron chi connectivity index (χ4n) is 4.16. The maximum absolute atomic E-state index is 13.7. The SMILES string of the molecule is C=CCC(CC)(C(=O)c1ccc(N2CCOCC2)cc1)N(C)Cc1ccccc1. The molecule has 29 heavy (non-hydrogen) atoms. The summed E-state index contributed by atoms with van der Waals surface area (Å²) in [6.07, 6.45) is 3.22. The van der Waals surface area contributed by atoms with Crippen LogP contribution < -0.4 is 4.90 Å². The van der Waals surface area contributed by atoms with Crippen molar-refractivity contribution in [2.24, 2.45) is 0 Å². The van der Waals surface area contributed by atoms with Gasteiger partial charge in [-0.25, -0.2) is 0 Å². The molecule has 4 heteroatoms. The van der Waals surface area contributed by atoms with E-state index < -0.39 is 5.54 Å². The number of ketones is 1. The molecule has 0 radical (unpaired) electrons. The van der Waals surface area contributed by atoms with Gasteiger partial charge in [0.15, 0.2) is 5.78 Å². The van der Waals surface area contributed by atoms with E-state index in [1.807, 2.05) is 43.5 Å². The van der Waals surface area contributed by atoms with Crippen LogP contribution in [0.2, 0.25) is 0 Å². The quantitative estimate of drug-likeness (QED) is 0.463. The van der Waals surface area contributed by atoms with E-state index in [0.29, 0.717) is 6.42 Å². The van der Waals surface area contributed by atoms with Gasteiger partial charge in [0.2, 0.25) is 0 Å². The van der Waals surface area contributed by atoms with Crippen LogP contribution in [-0.2, 0) is 11.3 Å². The van der Waals surface area contributed by atoms with Gasteiger partial charge in [0.05, 0.1) is 18.8 Å². The maximum atomic E-state index is 13.7. The van der Waals surface area contributed by atoms with Crippen LogP contribution >= 0.6 is 0 Å². The van der Waals surface area contributed by atoms with Crippen LogP contribution in [0.4, 0.5) is 5.69 Å². The molecule has 1 saturated heterocycles. The normalized spacial score (nSPS) is 16.4. The van der Waals surface area contributed by atoms with E-state index in [9.17, 15) is 4.79 Å². The Hall–Kier alpha value is -2.43. The second-order valence-corrected chi connectivity index (χ2v) is 7.70. The second kappa shape index (κ2) is 9.86. The standard InChI is InChI=1S/C25H32N2O2/c1-4-15-25(5-2,26(3)20-21-9-7-6-8-10-21)24(28)22-11-13-23(14-12-22)27-16-18-29-19-17-27/h4,6-14H,1,5,15-20H2,2-3H3. The number of benzene rings is 2. The fourth-order valence-corrected chi connectivity index (χ4v) is 4.16. The van der Waals surface area contributed by atoms with Crippen molar-refractivity contribution in [3.05, 3.63) is 78.4 Å². The van der Waals surface area contributed by atoms with Crippen molar-refractivity contribution < 1.29 is 9.53 Å². The summed E-state index contributed by atoms with van der Waals surface area (Å²) in [6, 6.07) is 18.4. The maximum Gasteiger partial charge on any atom is 0.183 e. The third kappa shape index (κ3) is 4.77. The minimum atomic E-state index is -0.599. The van der Waals surface area contributed by atoms with Crippen LogP contribution in [0.15, 0.2) is 67.3 Å². The highest BCUT2D eigenvalue weighted by Gasteiger charge is 2.39. The number of rotatable bonds is 9. The first kappa shape index (κ1) is 21.3. The van der Waals surface area contributed by atoms with Crippen molar-refractivity contribution in [2.45, 2.75) is 31.8 Å². The van der Waals surface area contributed by atoms with E-state index in [-0.39, 0.29) is 5.78 Å². The summed E-state index contributed by atoms with van der Waals surface area (Å²) in [4.78, 5) is 18.2. The minimum Gasteiger partial charge on any atom is -0.378 e. The molecule has 3 rings (SSSR count). The van der Waals surface area contributed by atoms with E-state index in [1.165, 1.54) is 5.56 Å². The monoisotopic (exact) mass is 392 g/mol. The largest absolute Gasteiger partial charge is 0.378 e. The Morgan fingerprint density at radius 1 is 1.14 bits per heavy atom. The molecule has 1 fully saturated rings. The van der Waals surface area contributed by atoms with Crippen LogP contribution in [0.1, 0.15) is 35.7 Å². The van der Waals surface area contributed by atoms with Gasteiger partial charge >= 0.3 is 0 Å². The lowest BCUT2D eigenvalue weighted by atomic mass is 9.82. The number of morpholine rings is 1. The Kier molecular flexibility index (Phi) is 7.24. The van der Waals surface area contributed by atoms with Crippen molar-refractivity contribution in [3.63, 3.8) is 0 Å². The van der Waals surface area contributed by atoms with Crippen molar-refractivity contribution in [1.29, 1.82) is 0 Å². The van der Waals surface area contributed by atoms with Crippen molar-refractivity contribution in [3.8, 4) is 0 Å². The van der Waals surface area contributed by atoms with E-state index in [2.05, 4.69) is 47.6 Å². The molecule has 0 aromatic heterocycles. The van der Waals surface area contributed by atoms with E-state index in [4.69, 9.17) is 4.74 Å². The number of likely N-dealkylation sites (N-methyl/N-ethyl adjacent to an activating group) is 1. The molecule has 2 aromatic carbocycles. The van der Waals surface area contributed by atoms with Crippen molar-refractivity contribution in [2.75, 3.05) is 38.3 Å². The van der Waals surface area contributed by atoms with Crippen molar-refractivity contribution in [1.82, 2.24) is 4.90 Å². The van der Waals surface area contributed by atoms with Gasteiger partial charge in [-0.05, 0) is 49.7 Å². The highest BCUT2D eigenvalue weighted by molar-refractivity contribution is 6.03. The molecule has 1 atom stereocenters. The zero-order chi connectivity index (χ0) is 20.7. The molecule has 1 aliphatic heterocycles. The molecule has 1 aliphatic rings. The molecule has 154 valence electrons. The van der Waals surface area contributed by atoms with Crippen LogP contribution in [0.3, 0.4) is 0 Å². The van der Waals surface area contributed by atoms with Gasteiger partial charge in [-0.2, -0.15) is 0 Å². The van der Waals surface area contributed by atoms with Gasteiger partial charge in [0.1, 0.15) is 0 Å². The fraction of sp³-hybridized carbons (Fsp3) is 0.400. The summed E-state index contributed by atoms with van der Waals surface area (Å²) >= 11 is 0. The average Bonchev–Trinajstić information content (AvgIpc) is 2.78. The van der Waals surface area contributed by atoms with Crippen LogP contribution in [0.25, 0.3) is 0 Å². The summed E-state index contributed by atoms with van der Waals surface area (Å²) in [5, 5.41) is 0. The molecule has 0 N–H and O–H groups in total. The van der Waals surface area contributed by atoms with Crippen LogP contribution in [0.5, 0.6) is 0 Å². The summed E-state index contributed by atoms with van der Waals surface area (Å²) in [5.41, 5.74) is 2.50. The average molecular weight is 393 g/mol. The van der Waals surface area contributed by atoms with Gasteiger partial charge in [0, 0.05) is 30.9 Å². The zero-order valence-electron chi connectivity index (χ0n) is 17.6. The number of ether oxygens (including phenoxy) is 1. The summed E-state index contributed by atoms with van der Waals surface area (Å²) in [5.74, 6) is 0.159. The number of hydrogen-bond donors (Lipinski definition) is 0. The van der Waals surface area contributed by atoms with Crippen molar-refractivity contribution >= 4 is 11.5 Å². The number of carbonyl (C=O) groups is 1. The molecule has 0 aliphatic carbocycles. The molecule has 1 heterocycles. The van der Waals surface area contributed by atoms with Gasteiger partial charge in [-0.15, -0.1) is 6.58 Å². The first-order valence-electron chi connectivity index (χ1n) is 10.4. The van der Waals surface area contributed by atoms with E-state index in [1.54, 1.807) is 0 Å². The number of Topliss-reactive ketones (excluding diaryl/α,β-unsaturated/α-hetero) is 1. The molecule has 0 spiro atoms. The van der Waals surface area contributed by atoms with E-state index >= 15 is 0 Å². The third-order valence-electron chi connectivity index (χ3n) is 5.99. The molecule has 0 saturated carbocycles. The first-order chi connectivity index (χ1) is 14.1. The molecule has 0 amide bonds. The Balaban J connectivity index is 1.83. The van der Waals surface area contributed by atoms with Gasteiger partial charge in [0.25, 0.3) is 0 Å². The predicted molar refractivity (Wildman–Crippen MR) is 120 cm³/mol. The molecular weight excluding hydrogens is 360 g/mol. The highest BCUT2D eigenvalue weighted by Crippen LogP contribution is 2.30. The zero-order valence-corrected chi connectivity index (χ0v) is 17.6. The molecule has 2 aromatic rings. The lowest BCUT2D eigenvalue weighted by Gasteiger charge is -2.40. The lowest BCUT2D eigenvalue weighted by Crippen LogP contribution is -2.51. The third-order valence-corrected chi connectivity index (χ3v) is 5.99. The smallest absolute Gasteiger partial charge is 0.183 e. The highest BCUT2D eigenvalue weighted by atomic mass is 16.5. The topological polar surface area (TPSA) is 32.8 Å². The molecule has 1 unspecified atom stereocenters. The number of carbonyl (C=O) groups excluding carboxylic acids is 1. The molecule has 0 bridgehead atoms. The molecular formula is C25H32N2O2. The number of anilines is 1. The van der Waals surface area contributed by atoms with Gasteiger partial charge in [-0.3, -0.25) is 9.69 Å². The lowest BCUT2D eigenvalue weighted by molar-refractivity contribution is 0.0587. The molecule has 4 nitrogen and oxygen atoms in total. The number of hydrogen-bond acceptors (Lipinski definition) is 4. The van der Waals surface area contributed by atoms with E-state index in [0.717, 1.165) is 50.5 Å². The van der Waals surface area contributed by atoms with Crippen LogP contribution in [-0.4, -0.2) is 49.6 Å². The van der Waals surface area contributed by atoms with Gasteiger partial charge in [-0.1, -0.05) is 43.3 Å². The summed E-state index contributed by atoms with van der Waals surface area (Å²) < 4.78 is 5.43. The number of nitrogens with zero attached hydrogens (tertiary/aromatic N) is 2. The first-order valence-corrected chi connectivity index (χ1v) is 10.4. The summed E-state index contributed by atoms with van der Waals surface area (Å²) in [7, 11) is 2.04. The Labute approximate surface area is 174 Å². The van der Waals surface area contributed by atoms with Gasteiger partial charge < -0.3 is 9.64 Å². The summed E-state index contributed by atoms with van der Waals surface area (Å²) in [6.45, 7) is 10.0. The Morgan fingerprint density at radius 3 is 2.38 bits per heavy atom. The minimum absolute atomic E-state index is 0.159. The Bertz CT molecular complexity index is 797.